The van der Waals surface area contributed by atoms with Gasteiger partial charge >= 0.3 is 0 Å². The predicted molar refractivity (Wildman–Crippen MR) is 79.1 cm³/mol. The lowest BCUT2D eigenvalue weighted by Crippen LogP contribution is -2.51. The first-order chi connectivity index (χ1) is 9.70. The van der Waals surface area contributed by atoms with Gasteiger partial charge < -0.3 is 10.6 Å². The van der Waals surface area contributed by atoms with Crippen molar-refractivity contribution < 1.29 is 13.2 Å². The monoisotopic (exact) mass is 315 g/mol. The third-order valence-corrected chi connectivity index (χ3v) is 5.09. The molecule has 118 valence electrons. The van der Waals surface area contributed by atoms with Crippen LogP contribution in [0.5, 0.6) is 0 Å². The highest BCUT2D eigenvalue weighted by atomic mass is 32.2. The molecule has 2 rings (SSSR count). The number of rotatable bonds is 3. The van der Waals surface area contributed by atoms with Gasteiger partial charge in [-0.2, -0.15) is 9.40 Å². The molecule has 0 spiro atoms. The molecule has 2 N–H and O–H groups in total. The average Bonchev–Trinajstić information content (AvgIpc) is 2.65. The third kappa shape index (κ3) is 3.35. The second kappa shape index (κ2) is 5.64. The molecular formula is C12H21N5O3S. The quantitative estimate of drug-likeness (QED) is 0.786. The number of aryl methyl sites for hydroxylation is 1. The minimum Gasteiger partial charge on any atom is -0.396 e. The zero-order valence-corrected chi connectivity index (χ0v) is 13.4. The molecule has 1 saturated heterocycles. The van der Waals surface area contributed by atoms with E-state index < -0.39 is 10.0 Å². The molecule has 1 fully saturated rings. The van der Waals surface area contributed by atoms with Crippen LogP contribution in [-0.2, 0) is 21.4 Å². The topological polar surface area (TPSA) is 102 Å². The van der Waals surface area contributed by atoms with Crippen LogP contribution in [0.1, 0.15) is 11.4 Å². The summed E-state index contributed by atoms with van der Waals surface area (Å²) in [5, 5.41) is 4.24. The minimum atomic E-state index is -3.18. The highest BCUT2D eigenvalue weighted by Crippen LogP contribution is 2.15. The van der Waals surface area contributed by atoms with E-state index in [1.54, 1.807) is 16.5 Å². The van der Waals surface area contributed by atoms with Crippen molar-refractivity contribution in [2.24, 2.45) is 0 Å². The SMILES string of the molecule is Cc1nn(CC(=O)N2CCN(S(C)(=O)=O)CC2)c(C)c1N. The fourth-order valence-electron chi connectivity index (χ4n) is 2.36. The van der Waals surface area contributed by atoms with Crippen LogP contribution in [0.2, 0.25) is 0 Å². The number of nitrogens with zero attached hydrogens (tertiary/aromatic N) is 4. The highest BCUT2D eigenvalue weighted by Gasteiger charge is 2.26. The molecule has 0 atom stereocenters. The number of hydrogen-bond donors (Lipinski definition) is 1. The van der Waals surface area contributed by atoms with Crippen LogP contribution in [0.4, 0.5) is 5.69 Å². The van der Waals surface area contributed by atoms with Crippen LogP contribution >= 0.6 is 0 Å². The number of sulfonamides is 1. The van der Waals surface area contributed by atoms with Crippen molar-refractivity contribution in [3.8, 4) is 0 Å². The number of nitrogens with two attached hydrogens (primary N) is 1. The van der Waals surface area contributed by atoms with Crippen molar-refractivity contribution in [1.29, 1.82) is 0 Å². The molecule has 0 aromatic carbocycles. The second-order valence-corrected chi connectivity index (χ2v) is 7.27. The van der Waals surface area contributed by atoms with Gasteiger partial charge in [0.05, 0.1) is 23.3 Å². The van der Waals surface area contributed by atoms with E-state index in [1.165, 1.54) is 10.6 Å². The van der Waals surface area contributed by atoms with E-state index in [0.717, 1.165) is 5.69 Å². The van der Waals surface area contributed by atoms with E-state index >= 15 is 0 Å². The van der Waals surface area contributed by atoms with Gasteiger partial charge in [0.15, 0.2) is 0 Å². The summed E-state index contributed by atoms with van der Waals surface area (Å²) in [6.07, 6.45) is 1.18. The molecule has 1 aliphatic rings. The van der Waals surface area contributed by atoms with E-state index in [-0.39, 0.29) is 12.5 Å². The summed E-state index contributed by atoms with van der Waals surface area (Å²) in [5.41, 5.74) is 7.93. The Bertz CT molecular complexity index is 644. The van der Waals surface area contributed by atoms with Gasteiger partial charge in [-0.15, -0.1) is 0 Å². The smallest absolute Gasteiger partial charge is 0.244 e. The van der Waals surface area contributed by atoms with Crippen molar-refractivity contribution in [3.05, 3.63) is 11.4 Å². The van der Waals surface area contributed by atoms with Crippen LogP contribution < -0.4 is 5.73 Å². The van der Waals surface area contributed by atoms with Gasteiger partial charge in [0.1, 0.15) is 6.54 Å². The van der Waals surface area contributed by atoms with Gasteiger partial charge in [-0.05, 0) is 13.8 Å². The third-order valence-electron chi connectivity index (χ3n) is 3.78. The average molecular weight is 315 g/mol. The van der Waals surface area contributed by atoms with Gasteiger partial charge in [-0.25, -0.2) is 8.42 Å². The van der Waals surface area contributed by atoms with Crippen LogP contribution in [0.25, 0.3) is 0 Å². The summed E-state index contributed by atoms with van der Waals surface area (Å²) >= 11 is 0. The number of aromatic nitrogens is 2. The second-order valence-electron chi connectivity index (χ2n) is 5.28. The van der Waals surface area contributed by atoms with Crippen LogP contribution in [-0.4, -0.2) is 65.7 Å². The summed E-state index contributed by atoms with van der Waals surface area (Å²) in [5.74, 6) is -0.0752. The first kappa shape index (κ1) is 15.8. The molecule has 0 saturated carbocycles. The van der Waals surface area contributed by atoms with Gasteiger partial charge in [-0.3, -0.25) is 9.48 Å². The molecule has 1 aromatic heterocycles. The summed E-state index contributed by atoms with van der Waals surface area (Å²) in [4.78, 5) is 13.9. The standard InChI is InChI=1S/C12H21N5O3S/c1-9-12(13)10(2)17(14-9)8-11(18)15-4-6-16(7-5-15)21(3,19)20/h4-8,13H2,1-3H3. The lowest BCUT2D eigenvalue weighted by atomic mass is 10.3. The van der Waals surface area contributed by atoms with Crippen LogP contribution in [0, 0.1) is 13.8 Å². The molecule has 2 heterocycles. The largest absolute Gasteiger partial charge is 0.396 e. The van der Waals surface area contributed by atoms with Gasteiger partial charge in [0, 0.05) is 26.2 Å². The van der Waals surface area contributed by atoms with Gasteiger partial charge in [0.2, 0.25) is 15.9 Å². The Kier molecular flexibility index (Phi) is 4.24. The molecule has 0 aliphatic carbocycles. The number of anilines is 1. The number of piperazine rings is 1. The minimum absolute atomic E-state index is 0.0752. The van der Waals surface area contributed by atoms with Crippen molar-refractivity contribution in [3.63, 3.8) is 0 Å². The fraction of sp³-hybridized carbons (Fsp3) is 0.667. The highest BCUT2D eigenvalue weighted by molar-refractivity contribution is 7.88. The zero-order chi connectivity index (χ0) is 15.8. The molecule has 0 radical (unpaired) electrons. The van der Waals surface area contributed by atoms with E-state index in [4.69, 9.17) is 5.73 Å². The first-order valence-electron chi connectivity index (χ1n) is 6.72. The molecule has 21 heavy (non-hydrogen) atoms. The molecule has 1 aliphatic heterocycles. The number of carbonyl (C=O) groups is 1. The van der Waals surface area contributed by atoms with Crippen LogP contribution in [0.15, 0.2) is 0 Å². The van der Waals surface area contributed by atoms with E-state index in [2.05, 4.69) is 5.10 Å². The molecule has 1 aromatic rings. The number of amides is 1. The Hall–Kier alpha value is -1.61. The van der Waals surface area contributed by atoms with Gasteiger partial charge in [-0.1, -0.05) is 0 Å². The molecule has 8 nitrogen and oxygen atoms in total. The van der Waals surface area contributed by atoms with Gasteiger partial charge in [0.25, 0.3) is 0 Å². The Morgan fingerprint density at radius 3 is 2.24 bits per heavy atom. The van der Waals surface area contributed by atoms with E-state index in [1.807, 2.05) is 6.92 Å². The van der Waals surface area contributed by atoms with Crippen molar-refractivity contribution in [1.82, 2.24) is 19.0 Å². The molecular weight excluding hydrogens is 294 g/mol. The zero-order valence-electron chi connectivity index (χ0n) is 12.5. The molecule has 0 bridgehead atoms. The molecule has 1 amide bonds. The maximum Gasteiger partial charge on any atom is 0.244 e. The molecule has 0 unspecified atom stereocenters. The number of nitrogen functional groups attached to an aromatic ring is 1. The summed E-state index contributed by atoms with van der Waals surface area (Å²) in [6.45, 7) is 5.23. The fourth-order valence-corrected chi connectivity index (χ4v) is 3.19. The first-order valence-corrected chi connectivity index (χ1v) is 8.57. The Labute approximate surface area is 124 Å². The Morgan fingerprint density at radius 1 is 1.24 bits per heavy atom. The predicted octanol–water partition coefficient (Wildman–Crippen LogP) is -0.814. The lowest BCUT2D eigenvalue weighted by molar-refractivity contribution is -0.133. The summed E-state index contributed by atoms with van der Waals surface area (Å²) < 4.78 is 25.8. The van der Waals surface area contributed by atoms with Crippen molar-refractivity contribution >= 4 is 21.6 Å². The summed E-state index contributed by atoms with van der Waals surface area (Å²) in [6, 6.07) is 0. The van der Waals surface area contributed by atoms with Crippen LogP contribution in [0.3, 0.4) is 0 Å². The number of hydrogen-bond acceptors (Lipinski definition) is 5. The Balaban J connectivity index is 1.98. The maximum absolute atomic E-state index is 12.3. The lowest BCUT2D eigenvalue weighted by Gasteiger charge is -2.33. The van der Waals surface area contributed by atoms with Crippen molar-refractivity contribution in [2.45, 2.75) is 20.4 Å². The summed E-state index contributed by atoms with van der Waals surface area (Å²) in [7, 11) is -3.18. The Morgan fingerprint density at radius 2 is 1.81 bits per heavy atom. The number of carbonyl (C=O) groups excluding carboxylic acids is 1. The molecule has 9 heteroatoms. The normalized spacial score (nSPS) is 17.2. The van der Waals surface area contributed by atoms with E-state index in [9.17, 15) is 13.2 Å². The van der Waals surface area contributed by atoms with E-state index in [0.29, 0.717) is 37.6 Å². The van der Waals surface area contributed by atoms with Crippen molar-refractivity contribution in [2.75, 3.05) is 38.2 Å². The maximum atomic E-state index is 12.3.